The monoisotopic (exact) mass is 1860 g/mol. The maximum absolute atomic E-state index is 14.3. The zero-order valence-electron chi connectivity index (χ0n) is 78.8. The van der Waals surface area contributed by atoms with Crippen LogP contribution >= 0.6 is 0 Å². The third kappa shape index (κ3) is 19.9. The van der Waals surface area contributed by atoms with Crippen molar-refractivity contribution in [3.63, 3.8) is 0 Å². The Morgan fingerprint density at radius 1 is 0.371 bits per heavy atom. The molecule has 700 valence electrons. The van der Waals surface area contributed by atoms with E-state index in [2.05, 4.69) is 114 Å². The maximum atomic E-state index is 14.3. The number of aromatic nitrogens is 16. The molecular weight excluding hydrogens is 1770 g/mol. The number of carboxylic acids is 1. The highest BCUT2D eigenvalue weighted by molar-refractivity contribution is 6.00. The molecule has 4 atom stereocenters. The van der Waals surface area contributed by atoms with Gasteiger partial charge in [-0.25, -0.2) is 59.2 Å². The van der Waals surface area contributed by atoms with Gasteiger partial charge in [0, 0.05) is 125 Å². The molecule has 12 heterocycles. The first-order valence-electron chi connectivity index (χ1n) is 45.4. The first kappa shape index (κ1) is 94.0. The highest BCUT2D eigenvalue weighted by atomic mass is 16.5. The van der Waals surface area contributed by atoms with Crippen LogP contribution in [0.4, 0.5) is 40.3 Å². The van der Waals surface area contributed by atoms with Gasteiger partial charge < -0.3 is 59.0 Å². The quantitative estimate of drug-likeness (QED) is 0.0332. The Kier molecular flexibility index (Phi) is 27.4. The van der Waals surface area contributed by atoms with Crippen LogP contribution in [-0.2, 0) is 0 Å². The fraction of sp³-hybridized carbons (Fsp3) is 0.234. The van der Waals surface area contributed by atoms with E-state index in [9.17, 15) is 29.1 Å². The highest BCUT2D eigenvalue weighted by Gasteiger charge is 2.35. The van der Waals surface area contributed by atoms with E-state index in [1.54, 1.807) is 104 Å². The molecular formula is C107H97N23O10. The van der Waals surface area contributed by atoms with Crippen LogP contribution in [-0.4, -0.2) is 118 Å². The van der Waals surface area contributed by atoms with E-state index in [0.717, 1.165) is 122 Å². The predicted molar refractivity (Wildman–Crippen MR) is 539 cm³/mol. The second-order valence-corrected chi connectivity index (χ2v) is 34.2. The summed E-state index contributed by atoms with van der Waals surface area (Å²) < 4.78 is 28.5. The first-order chi connectivity index (χ1) is 67.9. The van der Waals surface area contributed by atoms with Crippen LogP contribution in [0.3, 0.4) is 0 Å². The molecule has 33 heteroatoms. The predicted octanol–water partition coefficient (Wildman–Crippen LogP) is 20.7. The van der Waals surface area contributed by atoms with Crippen LogP contribution in [0.25, 0.3) is 108 Å². The molecule has 3 aliphatic rings. The molecule has 0 bridgehead atoms. The number of pyridine rings is 8. The minimum absolute atomic E-state index is 0.0145. The number of rotatable bonds is 25. The number of para-hydroxylation sites is 1. The first-order valence-corrected chi connectivity index (χ1v) is 45.4. The zero-order chi connectivity index (χ0) is 98.3. The fourth-order valence-corrected chi connectivity index (χ4v) is 17.3. The molecule has 0 unspecified atom stereocenters. The lowest BCUT2D eigenvalue weighted by molar-refractivity contribution is 0.0696. The number of methoxy groups -OCH3 is 4. The van der Waals surface area contributed by atoms with Gasteiger partial charge in [0.05, 0.1) is 100 Å². The van der Waals surface area contributed by atoms with E-state index in [4.69, 9.17) is 38.7 Å². The summed E-state index contributed by atoms with van der Waals surface area (Å²) in [5, 5.41) is 28.8. The Morgan fingerprint density at radius 3 is 1.12 bits per heavy atom. The van der Waals surface area contributed by atoms with Crippen molar-refractivity contribution in [2.24, 2.45) is 0 Å². The number of benzene rings is 5. The number of anilines is 4. The third-order valence-electron chi connectivity index (χ3n) is 24.5. The fourth-order valence-electron chi connectivity index (χ4n) is 17.3. The number of aryl methyl sites for hydroxylation is 4. The van der Waals surface area contributed by atoms with Crippen LogP contribution in [0, 0.1) is 47.4 Å². The molecule has 20 rings (SSSR count). The van der Waals surface area contributed by atoms with Gasteiger partial charge in [-0.1, -0.05) is 91.0 Å². The molecule has 17 aromatic rings. The van der Waals surface area contributed by atoms with Crippen LogP contribution < -0.4 is 62.5 Å². The van der Waals surface area contributed by atoms with Crippen LogP contribution in [0.1, 0.15) is 165 Å². The molecule has 0 amide bonds. The molecule has 0 radical (unpaired) electrons. The molecule has 0 aliphatic heterocycles. The molecule has 0 saturated heterocycles. The Morgan fingerprint density at radius 2 is 0.743 bits per heavy atom. The summed E-state index contributed by atoms with van der Waals surface area (Å²) in [5.74, 6) is 4.76. The van der Waals surface area contributed by atoms with E-state index >= 15 is 0 Å². The summed E-state index contributed by atoms with van der Waals surface area (Å²) in [6.45, 7) is 37.2. The minimum atomic E-state index is -1.14. The van der Waals surface area contributed by atoms with Crippen molar-refractivity contribution in [1.82, 2.24) is 78.1 Å². The number of fused-ring (bicyclic) bond motifs is 4. The lowest BCUT2D eigenvalue weighted by atomic mass is 9.98. The van der Waals surface area contributed by atoms with E-state index in [-0.39, 0.29) is 69.9 Å². The maximum Gasteiger partial charge on any atom is 0.341 e. The van der Waals surface area contributed by atoms with Gasteiger partial charge in [0.25, 0.3) is 22.2 Å². The van der Waals surface area contributed by atoms with Crippen molar-refractivity contribution in [2.45, 2.75) is 136 Å². The number of ether oxygens (including phenoxy) is 4. The topological polar surface area (TPSA) is 378 Å². The molecule has 33 nitrogen and oxygen atoms in total. The summed E-state index contributed by atoms with van der Waals surface area (Å²) in [6, 6.07) is 53.1. The number of nitrogens with zero attached hydrogens (tertiary/aromatic N) is 19. The summed E-state index contributed by atoms with van der Waals surface area (Å²) in [6.07, 6.45) is 20.1. The standard InChI is InChI=1S/C29H25N5O4.3C26H24N6O2/c1-17(32-27-23(29(36)37)16-31-18(2)33-27)24-14-20-8-7-11-22(19-12-13-30-25(15-19)38-3)26(20)28(35)34(24)21-9-5-4-6-10-21;1-15(30-25-21(27-3)14-28-16(2)31-25)22-12-17-6-5-7-20(18-8-11-23(34-4)29-13-18)24(17)26(33)32(22)19-9-10-19;1-15(30-25-22(27-3)14-29-16(2)31-25)23-11-17-6-5-7-21(18-10-20(34-4)13-28-12-18)24(17)26(33)32(23)19-8-9-19;1-15(30-25-21(27-3)14-29-16(2)31-25)22-12-18-6-5-7-20(17-10-11-28-23(13-17)34-4)24(18)26(33)32(22)19-8-9-19/h4-17H,1-3H3,(H,36,37)(H,31,32,33);5-8,11-15,19H,9-10H2,1-2,4H3,(H,28,30,31);2*5-7,10-15,19H,8-9H2,1-2,4H3,(H,29,30,31)/t17-;3*15-/m0000/s1. The van der Waals surface area contributed by atoms with Crippen LogP contribution in [0.2, 0.25) is 0 Å². The van der Waals surface area contributed by atoms with Crippen molar-refractivity contribution in [1.29, 1.82) is 0 Å². The van der Waals surface area contributed by atoms with Gasteiger partial charge in [-0.15, -0.1) is 0 Å². The lowest BCUT2D eigenvalue weighted by Crippen LogP contribution is -2.26. The molecule has 3 saturated carbocycles. The van der Waals surface area contributed by atoms with Crippen LogP contribution in [0.15, 0.2) is 245 Å². The summed E-state index contributed by atoms with van der Waals surface area (Å²) in [5.41, 5.74) is 11.4. The van der Waals surface area contributed by atoms with Gasteiger partial charge >= 0.3 is 5.97 Å². The number of hydrogen-bond donors (Lipinski definition) is 5. The Bertz CT molecular complexity index is 7850. The summed E-state index contributed by atoms with van der Waals surface area (Å²) in [7, 11) is 6.31. The summed E-state index contributed by atoms with van der Waals surface area (Å²) in [4.78, 5) is 129. The van der Waals surface area contributed by atoms with Gasteiger partial charge in [0.15, 0.2) is 0 Å². The molecule has 3 fully saturated rings. The van der Waals surface area contributed by atoms with Crippen molar-refractivity contribution in [2.75, 3.05) is 49.7 Å². The minimum Gasteiger partial charge on any atom is -0.495 e. The van der Waals surface area contributed by atoms with E-state index in [0.29, 0.717) is 114 Å². The number of carbonyl (C=O) groups is 1. The van der Waals surface area contributed by atoms with Gasteiger partial charge in [0.2, 0.25) is 34.7 Å². The van der Waals surface area contributed by atoms with Gasteiger partial charge in [0.1, 0.15) is 57.9 Å². The molecule has 140 heavy (non-hydrogen) atoms. The molecule has 5 aromatic carbocycles. The van der Waals surface area contributed by atoms with Crippen molar-refractivity contribution in [3.05, 3.63) is 353 Å². The van der Waals surface area contributed by atoms with Crippen molar-refractivity contribution in [3.8, 4) is 73.6 Å². The second-order valence-electron chi connectivity index (χ2n) is 34.2. The smallest absolute Gasteiger partial charge is 0.341 e. The lowest BCUT2D eigenvalue weighted by Gasteiger charge is -2.22. The van der Waals surface area contributed by atoms with Crippen molar-refractivity contribution < 1.29 is 28.8 Å². The zero-order valence-corrected chi connectivity index (χ0v) is 78.8. The Hall–Kier alpha value is -17.8. The average molecular weight is 1870 g/mol. The molecule has 12 aromatic heterocycles. The normalized spacial score (nSPS) is 13.3. The average Bonchev–Trinajstić information content (AvgIpc) is 1.41. The van der Waals surface area contributed by atoms with Gasteiger partial charge in [-0.2, -0.15) is 0 Å². The largest absolute Gasteiger partial charge is 0.495 e. The SMILES string of the molecule is COc1cc(-c2cccc3cc([C@H](C)Nc4nc(C)ncc4C(=O)O)n(-c4ccccc4)c(=O)c23)ccn1.[C-]#[N+]c1cnc(C)nc1N[C@@H](C)c1cc2cccc(-c3ccc(OC)nc3)c2c(=O)n1C1CC1.[C-]#[N+]c1cnc(C)nc1N[C@@H](C)c1cc2cccc(-c3ccnc(OC)c3)c2c(=O)n1C1CC1.[C-]#[N+]c1cnc(C)nc1N[C@@H](C)c1cc2cccc(-c3cncc(OC)c3)c2c(=O)n1C1CC1. The molecule has 5 N–H and O–H groups in total. The Labute approximate surface area is 804 Å². The second kappa shape index (κ2) is 40.8. The third-order valence-corrected chi connectivity index (χ3v) is 24.5. The highest BCUT2D eigenvalue weighted by Crippen LogP contribution is 2.44. The summed E-state index contributed by atoms with van der Waals surface area (Å²) >= 11 is 0. The molecule has 3 aliphatic carbocycles. The van der Waals surface area contributed by atoms with Crippen molar-refractivity contribution >= 4 is 89.4 Å². The van der Waals surface area contributed by atoms with E-state index in [1.807, 2.05) is 181 Å². The van der Waals surface area contributed by atoms with Gasteiger partial charge in [-0.05, 0) is 210 Å². The number of nitrogens with one attached hydrogen (secondary N) is 4. The van der Waals surface area contributed by atoms with E-state index < -0.39 is 12.0 Å². The van der Waals surface area contributed by atoms with E-state index in [1.165, 1.54) is 24.8 Å². The molecule has 0 spiro atoms. The van der Waals surface area contributed by atoms with Gasteiger partial charge in [-0.3, -0.25) is 43.7 Å². The Balaban J connectivity index is 0.000000129. The number of hydrogen-bond acceptors (Lipinski definition) is 25. The number of carboxylic acid groups (broad SMARTS) is 1. The number of aromatic carboxylic acids is 1. The van der Waals surface area contributed by atoms with Crippen LogP contribution in [0.5, 0.6) is 23.4 Å².